The zero-order chi connectivity index (χ0) is 22.9. The van der Waals surface area contributed by atoms with Crippen LogP contribution in [0.3, 0.4) is 0 Å². The minimum Gasteiger partial charge on any atom is -0.497 e. The number of carbonyl (C=O) groups is 3. The van der Waals surface area contributed by atoms with Crippen LogP contribution in [0.1, 0.15) is 29.0 Å². The largest absolute Gasteiger partial charge is 0.497 e. The molecule has 0 radical (unpaired) electrons. The molecular formula is C24H19N3O5S. The van der Waals surface area contributed by atoms with Gasteiger partial charge < -0.3 is 9.15 Å². The maximum absolute atomic E-state index is 13.5. The summed E-state index contributed by atoms with van der Waals surface area (Å²) in [6.07, 6.45) is 1.97. The lowest BCUT2D eigenvalue weighted by molar-refractivity contribution is -0.121. The zero-order valence-corrected chi connectivity index (χ0v) is 18.5. The molecule has 1 aliphatic heterocycles. The molecule has 2 aromatic heterocycles. The van der Waals surface area contributed by atoms with Crippen LogP contribution in [0.5, 0.6) is 5.75 Å². The number of nitrogens with zero attached hydrogens (tertiary/aromatic N) is 3. The van der Waals surface area contributed by atoms with Crippen molar-refractivity contribution in [3.05, 3.63) is 72.2 Å². The first-order valence-corrected chi connectivity index (χ1v) is 11.1. The minimum absolute atomic E-state index is 0.202. The lowest BCUT2D eigenvalue weighted by Crippen LogP contribution is -2.31. The second-order valence-corrected chi connectivity index (χ2v) is 8.48. The predicted octanol–water partition coefficient (Wildman–Crippen LogP) is 4.40. The van der Waals surface area contributed by atoms with Crippen molar-refractivity contribution in [2.45, 2.75) is 19.4 Å². The van der Waals surface area contributed by atoms with Crippen molar-refractivity contribution in [3.8, 4) is 5.75 Å². The van der Waals surface area contributed by atoms with Crippen molar-refractivity contribution in [2.75, 3.05) is 16.9 Å². The van der Waals surface area contributed by atoms with Crippen LogP contribution in [-0.2, 0) is 16.1 Å². The Hall–Kier alpha value is -3.98. The molecule has 0 atom stereocenters. The summed E-state index contributed by atoms with van der Waals surface area (Å²) in [6.45, 7) is 0.202. The molecule has 0 N–H and O–H groups in total. The van der Waals surface area contributed by atoms with Gasteiger partial charge in [-0.25, -0.2) is 4.98 Å². The van der Waals surface area contributed by atoms with Gasteiger partial charge in [0.1, 0.15) is 11.5 Å². The molecule has 5 rings (SSSR count). The summed E-state index contributed by atoms with van der Waals surface area (Å²) < 4.78 is 11.7. The highest BCUT2D eigenvalue weighted by Crippen LogP contribution is 2.33. The number of hydrogen-bond acceptors (Lipinski definition) is 7. The van der Waals surface area contributed by atoms with Crippen molar-refractivity contribution < 1.29 is 23.5 Å². The zero-order valence-electron chi connectivity index (χ0n) is 17.7. The summed E-state index contributed by atoms with van der Waals surface area (Å²) in [5.41, 5.74) is 1.60. The van der Waals surface area contributed by atoms with E-state index < -0.39 is 0 Å². The van der Waals surface area contributed by atoms with Gasteiger partial charge in [-0.1, -0.05) is 11.3 Å². The Morgan fingerprint density at radius 3 is 2.55 bits per heavy atom. The third-order valence-electron chi connectivity index (χ3n) is 5.38. The Labute approximate surface area is 193 Å². The van der Waals surface area contributed by atoms with E-state index in [-0.39, 0.29) is 37.1 Å². The molecule has 4 aromatic rings. The lowest BCUT2D eigenvalue weighted by atomic mass is 10.1. The molecule has 0 saturated carbocycles. The minimum atomic E-state index is -0.275. The summed E-state index contributed by atoms with van der Waals surface area (Å²) in [5.74, 6) is 0.560. The number of methoxy groups -OCH3 is 1. The highest BCUT2D eigenvalue weighted by atomic mass is 32.1. The van der Waals surface area contributed by atoms with E-state index in [1.807, 2.05) is 18.2 Å². The Kier molecular flexibility index (Phi) is 5.39. The maximum atomic E-state index is 13.5. The van der Waals surface area contributed by atoms with Gasteiger partial charge >= 0.3 is 0 Å². The first-order valence-electron chi connectivity index (χ1n) is 10.3. The molecule has 2 aromatic carbocycles. The third-order valence-corrected chi connectivity index (χ3v) is 6.44. The highest BCUT2D eigenvalue weighted by Gasteiger charge is 2.30. The van der Waals surface area contributed by atoms with Gasteiger partial charge in [0.05, 0.1) is 35.8 Å². The van der Waals surface area contributed by atoms with Gasteiger partial charge in [-0.2, -0.15) is 0 Å². The molecule has 33 heavy (non-hydrogen) atoms. The number of ether oxygens (including phenoxy) is 1. The number of rotatable bonds is 6. The van der Waals surface area contributed by atoms with Gasteiger partial charge in [-0.3, -0.25) is 24.2 Å². The number of fused-ring (bicyclic) bond motifs is 1. The fourth-order valence-electron chi connectivity index (χ4n) is 3.70. The number of thiazole rings is 1. The number of furan rings is 1. The van der Waals surface area contributed by atoms with E-state index in [4.69, 9.17) is 9.15 Å². The van der Waals surface area contributed by atoms with Crippen LogP contribution in [-0.4, -0.2) is 29.8 Å². The Morgan fingerprint density at radius 1 is 1.12 bits per heavy atom. The summed E-state index contributed by atoms with van der Waals surface area (Å²) in [4.78, 5) is 44.9. The summed E-state index contributed by atoms with van der Waals surface area (Å²) in [5, 5.41) is 0.522. The van der Waals surface area contributed by atoms with Gasteiger partial charge in [0.2, 0.25) is 11.8 Å². The van der Waals surface area contributed by atoms with Crippen LogP contribution in [0.25, 0.3) is 10.2 Å². The third kappa shape index (κ3) is 3.98. The molecule has 1 saturated heterocycles. The van der Waals surface area contributed by atoms with Crippen molar-refractivity contribution in [3.63, 3.8) is 0 Å². The fourth-order valence-corrected chi connectivity index (χ4v) is 4.64. The molecule has 0 spiro atoms. The van der Waals surface area contributed by atoms with Crippen molar-refractivity contribution >= 4 is 50.1 Å². The monoisotopic (exact) mass is 461 g/mol. The van der Waals surface area contributed by atoms with E-state index in [2.05, 4.69) is 4.98 Å². The lowest BCUT2D eigenvalue weighted by Gasteiger charge is -2.19. The molecule has 3 heterocycles. The van der Waals surface area contributed by atoms with Gasteiger partial charge in [-0.15, -0.1) is 0 Å². The van der Waals surface area contributed by atoms with Crippen LogP contribution in [0, 0.1) is 0 Å². The summed E-state index contributed by atoms with van der Waals surface area (Å²) in [7, 11) is 1.59. The van der Waals surface area contributed by atoms with Crippen LogP contribution < -0.4 is 14.5 Å². The molecule has 9 heteroatoms. The standard InChI is InChI=1S/C24H19N3O5S/c1-31-17-8-9-20-19(13-17)25-24(33-20)26(14-18-3-2-12-32-18)23(30)15-4-6-16(7-5-15)27-21(28)10-11-22(27)29/h2-9,12-13H,10-11,14H2,1H3. The maximum Gasteiger partial charge on any atom is 0.260 e. The number of carbonyl (C=O) groups excluding carboxylic acids is 3. The van der Waals surface area contributed by atoms with Crippen LogP contribution in [0.15, 0.2) is 65.3 Å². The molecule has 1 aliphatic rings. The molecule has 0 bridgehead atoms. The van der Waals surface area contributed by atoms with Crippen molar-refractivity contribution in [1.29, 1.82) is 0 Å². The predicted molar refractivity (Wildman–Crippen MR) is 124 cm³/mol. The molecule has 0 unspecified atom stereocenters. The van der Waals surface area contributed by atoms with E-state index in [1.165, 1.54) is 11.3 Å². The van der Waals surface area contributed by atoms with Crippen LogP contribution in [0.4, 0.5) is 10.8 Å². The highest BCUT2D eigenvalue weighted by molar-refractivity contribution is 7.22. The van der Waals surface area contributed by atoms with Crippen molar-refractivity contribution in [2.24, 2.45) is 0 Å². The average Bonchev–Trinajstić information content (AvgIpc) is 3.57. The number of benzene rings is 2. The molecular weight excluding hydrogens is 442 g/mol. The quantitative estimate of drug-likeness (QED) is 0.395. The van der Waals surface area contributed by atoms with Gasteiger partial charge in [0, 0.05) is 24.5 Å². The number of amides is 3. The SMILES string of the molecule is COc1ccc2sc(N(Cc3ccco3)C(=O)c3ccc(N4C(=O)CCC4=O)cc3)nc2c1. The van der Waals surface area contributed by atoms with E-state index in [9.17, 15) is 14.4 Å². The van der Waals surface area contributed by atoms with Crippen LogP contribution >= 0.6 is 11.3 Å². The summed E-state index contributed by atoms with van der Waals surface area (Å²) in [6, 6.07) is 15.6. The second-order valence-electron chi connectivity index (χ2n) is 7.47. The van der Waals surface area contributed by atoms with E-state index in [0.29, 0.717) is 27.9 Å². The average molecular weight is 461 g/mol. The van der Waals surface area contributed by atoms with Gasteiger partial charge in [0.15, 0.2) is 5.13 Å². The normalized spacial score (nSPS) is 13.7. The Bertz CT molecular complexity index is 1330. The smallest absolute Gasteiger partial charge is 0.260 e. The van der Waals surface area contributed by atoms with Crippen molar-refractivity contribution in [1.82, 2.24) is 4.98 Å². The number of anilines is 2. The van der Waals surface area contributed by atoms with Gasteiger partial charge in [-0.05, 0) is 48.5 Å². The first kappa shape index (κ1) is 20.9. The second kappa shape index (κ2) is 8.51. The number of imide groups is 1. The Balaban J connectivity index is 1.48. The van der Waals surface area contributed by atoms with E-state index >= 15 is 0 Å². The van der Waals surface area contributed by atoms with E-state index in [0.717, 1.165) is 15.1 Å². The summed E-state index contributed by atoms with van der Waals surface area (Å²) >= 11 is 1.39. The molecule has 166 valence electrons. The molecule has 1 fully saturated rings. The topological polar surface area (TPSA) is 93.0 Å². The number of hydrogen-bond donors (Lipinski definition) is 0. The molecule has 8 nitrogen and oxygen atoms in total. The van der Waals surface area contributed by atoms with Gasteiger partial charge in [0.25, 0.3) is 5.91 Å². The fraction of sp³-hybridized carbons (Fsp3) is 0.167. The number of aromatic nitrogens is 1. The Morgan fingerprint density at radius 2 is 1.88 bits per heavy atom. The first-order chi connectivity index (χ1) is 16.0. The van der Waals surface area contributed by atoms with E-state index in [1.54, 1.807) is 54.7 Å². The molecule has 3 amide bonds. The molecule has 0 aliphatic carbocycles. The van der Waals surface area contributed by atoms with Crippen LogP contribution in [0.2, 0.25) is 0 Å².